The molecule has 21 heavy (non-hydrogen) atoms. The minimum absolute atomic E-state index is 0.0224. The molecule has 0 aliphatic heterocycles. The molecule has 0 saturated heterocycles. The molecular weight excluding hydrogens is 332 g/mol. The van der Waals surface area contributed by atoms with Crippen LogP contribution in [0.5, 0.6) is 0 Å². The van der Waals surface area contributed by atoms with Gasteiger partial charge in [-0.1, -0.05) is 23.2 Å². The Hall–Kier alpha value is -1.23. The van der Waals surface area contributed by atoms with Gasteiger partial charge in [0.2, 0.25) is 5.91 Å². The SMILES string of the molecule is C[C@H](Sc1ccc(Cl)cc1)C(=O)Nc1ccc(F)c(Cl)c1. The lowest BCUT2D eigenvalue weighted by Gasteiger charge is -2.12. The number of anilines is 1. The molecule has 0 heterocycles. The molecule has 6 heteroatoms. The Morgan fingerprint density at radius 1 is 1.19 bits per heavy atom. The Bertz CT molecular complexity index is 649. The van der Waals surface area contributed by atoms with Crippen LogP contribution in [0, 0.1) is 5.82 Å². The molecule has 1 atom stereocenters. The van der Waals surface area contributed by atoms with Crippen molar-refractivity contribution in [3.05, 3.63) is 58.3 Å². The van der Waals surface area contributed by atoms with Gasteiger partial charge in [0.15, 0.2) is 0 Å². The third-order valence-electron chi connectivity index (χ3n) is 2.68. The van der Waals surface area contributed by atoms with Crippen molar-refractivity contribution in [2.24, 2.45) is 0 Å². The lowest BCUT2D eigenvalue weighted by molar-refractivity contribution is -0.115. The van der Waals surface area contributed by atoms with Crippen molar-refractivity contribution in [2.75, 3.05) is 5.32 Å². The molecule has 0 aliphatic rings. The highest BCUT2D eigenvalue weighted by Gasteiger charge is 2.15. The van der Waals surface area contributed by atoms with E-state index in [4.69, 9.17) is 23.2 Å². The molecule has 1 amide bonds. The molecule has 2 aromatic rings. The number of hydrogen-bond donors (Lipinski definition) is 1. The summed E-state index contributed by atoms with van der Waals surface area (Å²) in [6.07, 6.45) is 0. The predicted molar refractivity (Wildman–Crippen MR) is 86.8 cm³/mol. The Kier molecular flexibility index (Phi) is 5.51. The topological polar surface area (TPSA) is 29.1 Å². The van der Waals surface area contributed by atoms with Crippen molar-refractivity contribution in [1.82, 2.24) is 0 Å². The van der Waals surface area contributed by atoms with Gasteiger partial charge in [0.05, 0.1) is 10.3 Å². The first-order valence-corrected chi connectivity index (χ1v) is 7.77. The molecule has 0 unspecified atom stereocenters. The number of carbonyl (C=O) groups excluding carboxylic acids is 1. The molecule has 2 nitrogen and oxygen atoms in total. The fourth-order valence-electron chi connectivity index (χ4n) is 1.59. The van der Waals surface area contributed by atoms with Gasteiger partial charge in [-0.15, -0.1) is 11.8 Å². The van der Waals surface area contributed by atoms with E-state index >= 15 is 0 Å². The zero-order valence-corrected chi connectivity index (χ0v) is 13.4. The molecule has 0 bridgehead atoms. The Labute approximate surface area is 136 Å². The Morgan fingerprint density at radius 3 is 2.48 bits per heavy atom. The summed E-state index contributed by atoms with van der Waals surface area (Å²) in [6.45, 7) is 1.79. The van der Waals surface area contributed by atoms with Crippen LogP contribution in [0.3, 0.4) is 0 Å². The molecule has 0 saturated carbocycles. The number of thioether (sulfide) groups is 1. The van der Waals surface area contributed by atoms with Crippen LogP contribution in [0.2, 0.25) is 10.0 Å². The predicted octanol–water partition coefficient (Wildman–Crippen LogP) is 5.25. The van der Waals surface area contributed by atoms with Gasteiger partial charge in [0.25, 0.3) is 0 Å². The number of hydrogen-bond acceptors (Lipinski definition) is 2. The number of nitrogens with one attached hydrogen (secondary N) is 1. The maximum absolute atomic E-state index is 13.1. The molecule has 0 spiro atoms. The van der Waals surface area contributed by atoms with E-state index in [0.717, 1.165) is 4.90 Å². The number of amides is 1. The second-order valence-electron chi connectivity index (χ2n) is 4.33. The number of halogens is 3. The largest absolute Gasteiger partial charge is 0.325 e. The van der Waals surface area contributed by atoms with Crippen LogP contribution in [0.15, 0.2) is 47.4 Å². The van der Waals surface area contributed by atoms with Crippen LogP contribution in [0.1, 0.15) is 6.92 Å². The normalized spacial score (nSPS) is 12.0. The highest BCUT2D eigenvalue weighted by atomic mass is 35.5. The van der Waals surface area contributed by atoms with Crippen molar-refractivity contribution in [1.29, 1.82) is 0 Å². The van der Waals surface area contributed by atoms with E-state index in [9.17, 15) is 9.18 Å². The van der Waals surface area contributed by atoms with E-state index in [2.05, 4.69) is 5.32 Å². The molecule has 110 valence electrons. The maximum atomic E-state index is 13.1. The first kappa shape index (κ1) is 16.1. The van der Waals surface area contributed by atoms with Crippen LogP contribution in [0.4, 0.5) is 10.1 Å². The lowest BCUT2D eigenvalue weighted by Crippen LogP contribution is -2.22. The first-order valence-electron chi connectivity index (χ1n) is 6.14. The summed E-state index contributed by atoms with van der Waals surface area (Å²) in [5.41, 5.74) is 0.468. The third kappa shape index (κ3) is 4.63. The highest BCUT2D eigenvalue weighted by Crippen LogP contribution is 2.26. The highest BCUT2D eigenvalue weighted by molar-refractivity contribution is 8.00. The zero-order valence-electron chi connectivity index (χ0n) is 11.1. The molecule has 0 fully saturated rings. The van der Waals surface area contributed by atoms with Gasteiger partial charge in [0.1, 0.15) is 5.82 Å². The summed E-state index contributed by atoms with van der Waals surface area (Å²) in [5, 5.41) is 3.02. The standard InChI is InChI=1S/C15H12Cl2FNOS/c1-9(21-12-5-2-10(16)3-6-12)15(20)19-11-4-7-14(18)13(17)8-11/h2-9H,1H3,(H,19,20)/t9-/m0/s1. The van der Waals surface area contributed by atoms with E-state index in [1.54, 1.807) is 19.1 Å². The van der Waals surface area contributed by atoms with Crippen LogP contribution in [-0.4, -0.2) is 11.2 Å². The molecule has 0 aromatic heterocycles. The van der Waals surface area contributed by atoms with Crippen LogP contribution >= 0.6 is 35.0 Å². The quantitative estimate of drug-likeness (QED) is 0.768. The van der Waals surface area contributed by atoms with Gasteiger partial charge in [-0.25, -0.2) is 4.39 Å². The van der Waals surface area contributed by atoms with Crippen molar-refractivity contribution in [2.45, 2.75) is 17.1 Å². The van der Waals surface area contributed by atoms with Crippen molar-refractivity contribution in [3.8, 4) is 0 Å². The Morgan fingerprint density at radius 2 is 1.86 bits per heavy atom. The summed E-state index contributed by atoms with van der Waals surface area (Å²) in [5.74, 6) is -0.698. The molecule has 0 radical (unpaired) electrons. The van der Waals surface area contributed by atoms with Crippen LogP contribution in [0.25, 0.3) is 0 Å². The molecule has 1 N–H and O–H groups in total. The molecule has 2 aromatic carbocycles. The minimum atomic E-state index is -0.516. The summed E-state index contributed by atoms with van der Waals surface area (Å²) in [6, 6.07) is 11.3. The molecular formula is C15H12Cl2FNOS. The lowest BCUT2D eigenvalue weighted by atomic mass is 10.3. The van der Waals surface area contributed by atoms with Gasteiger partial charge < -0.3 is 5.32 Å². The van der Waals surface area contributed by atoms with E-state index < -0.39 is 5.82 Å². The average molecular weight is 344 g/mol. The van der Waals surface area contributed by atoms with Gasteiger partial charge >= 0.3 is 0 Å². The third-order valence-corrected chi connectivity index (χ3v) is 4.34. The van der Waals surface area contributed by atoms with Gasteiger partial charge in [0, 0.05) is 15.6 Å². The summed E-state index contributed by atoms with van der Waals surface area (Å²) in [7, 11) is 0. The first-order chi connectivity index (χ1) is 9.95. The van der Waals surface area contributed by atoms with Gasteiger partial charge in [-0.2, -0.15) is 0 Å². The second kappa shape index (κ2) is 7.16. The van der Waals surface area contributed by atoms with Gasteiger partial charge in [-0.3, -0.25) is 4.79 Å². The zero-order chi connectivity index (χ0) is 15.4. The Balaban J connectivity index is 1.98. The summed E-state index contributed by atoms with van der Waals surface area (Å²) in [4.78, 5) is 13.0. The number of benzene rings is 2. The van der Waals surface area contributed by atoms with E-state index in [1.807, 2.05) is 12.1 Å². The van der Waals surface area contributed by atoms with Crippen LogP contribution in [-0.2, 0) is 4.79 Å². The fourth-order valence-corrected chi connectivity index (χ4v) is 2.76. The van der Waals surface area contributed by atoms with Crippen molar-refractivity contribution < 1.29 is 9.18 Å². The number of rotatable bonds is 4. The molecule has 0 aliphatic carbocycles. The van der Waals surface area contributed by atoms with Crippen LogP contribution < -0.4 is 5.32 Å². The number of carbonyl (C=O) groups is 1. The monoisotopic (exact) mass is 343 g/mol. The maximum Gasteiger partial charge on any atom is 0.237 e. The summed E-state index contributed by atoms with van der Waals surface area (Å²) >= 11 is 12.9. The van der Waals surface area contributed by atoms with Gasteiger partial charge in [-0.05, 0) is 49.4 Å². The molecule has 2 rings (SSSR count). The van der Waals surface area contributed by atoms with E-state index in [0.29, 0.717) is 10.7 Å². The summed E-state index contributed by atoms with van der Waals surface area (Å²) < 4.78 is 13.1. The fraction of sp³-hybridized carbons (Fsp3) is 0.133. The van der Waals surface area contributed by atoms with Crippen molar-refractivity contribution in [3.63, 3.8) is 0 Å². The average Bonchev–Trinajstić information content (AvgIpc) is 2.45. The second-order valence-corrected chi connectivity index (χ2v) is 6.59. The van der Waals surface area contributed by atoms with Crippen molar-refractivity contribution >= 4 is 46.6 Å². The van der Waals surface area contributed by atoms with E-state index in [1.165, 1.54) is 30.0 Å². The van der Waals surface area contributed by atoms with E-state index in [-0.39, 0.29) is 16.2 Å². The minimum Gasteiger partial charge on any atom is -0.325 e. The smallest absolute Gasteiger partial charge is 0.237 e.